The Morgan fingerprint density at radius 3 is 2.67 bits per heavy atom. The highest BCUT2D eigenvalue weighted by Crippen LogP contribution is 2.42. The zero-order valence-corrected chi connectivity index (χ0v) is 14.2. The van der Waals surface area contributed by atoms with Crippen molar-refractivity contribution in [3.8, 4) is 6.07 Å². The molecule has 1 saturated carbocycles. The monoisotopic (exact) mass is 334 g/mol. The summed E-state index contributed by atoms with van der Waals surface area (Å²) in [5.74, 6) is 1.29. The second kappa shape index (κ2) is 5.44. The fourth-order valence-electron chi connectivity index (χ4n) is 3.64. The van der Waals surface area contributed by atoms with Gasteiger partial charge in [0.1, 0.15) is 0 Å². The third-order valence-electron chi connectivity index (χ3n) is 5.20. The number of nitriles is 1. The van der Waals surface area contributed by atoms with Crippen molar-refractivity contribution in [3.05, 3.63) is 58.4 Å². The fourth-order valence-corrected chi connectivity index (χ4v) is 4.38. The van der Waals surface area contributed by atoms with E-state index in [0.717, 1.165) is 30.2 Å². The van der Waals surface area contributed by atoms with Gasteiger partial charge in [-0.05, 0) is 30.5 Å². The summed E-state index contributed by atoms with van der Waals surface area (Å²) in [4.78, 5) is 8.51. The minimum atomic E-state index is 0.591. The normalized spacial score (nSPS) is 18.6. The molecule has 0 atom stereocenters. The average Bonchev–Trinajstić information content (AvgIpc) is 3.21. The van der Waals surface area contributed by atoms with Gasteiger partial charge in [-0.2, -0.15) is 5.26 Å². The molecular formula is C19H18N4S. The smallest absolute Gasteiger partial charge is 0.194 e. The highest BCUT2D eigenvalue weighted by molar-refractivity contribution is 7.15. The van der Waals surface area contributed by atoms with Gasteiger partial charge < -0.3 is 0 Å². The van der Waals surface area contributed by atoms with Gasteiger partial charge in [0.2, 0.25) is 0 Å². The number of thiazole rings is 1. The van der Waals surface area contributed by atoms with Crippen LogP contribution in [0.4, 0.5) is 0 Å². The Morgan fingerprint density at radius 1 is 1.17 bits per heavy atom. The maximum atomic E-state index is 8.90. The quantitative estimate of drug-likeness (QED) is 0.730. The maximum Gasteiger partial charge on any atom is 0.194 e. The number of fused-ring (bicyclic) bond motifs is 1. The van der Waals surface area contributed by atoms with Gasteiger partial charge >= 0.3 is 0 Å². The van der Waals surface area contributed by atoms with Crippen LogP contribution in [0.5, 0.6) is 0 Å². The SMILES string of the molecule is N#Cc1ccc(C2CN(Cc3c(C4CC4)nc4sccn34)C2)cc1. The lowest BCUT2D eigenvalue weighted by atomic mass is 9.90. The third kappa shape index (κ3) is 2.34. The number of aromatic nitrogens is 2. The average molecular weight is 334 g/mol. The van der Waals surface area contributed by atoms with Crippen molar-refractivity contribution in [1.82, 2.24) is 14.3 Å². The van der Waals surface area contributed by atoms with E-state index in [1.807, 2.05) is 12.1 Å². The van der Waals surface area contributed by atoms with Crippen molar-refractivity contribution in [2.75, 3.05) is 13.1 Å². The second-order valence-electron chi connectivity index (χ2n) is 6.90. The van der Waals surface area contributed by atoms with Crippen molar-refractivity contribution in [3.63, 3.8) is 0 Å². The van der Waals surface area contributed by atoms with E-state index in [9.17, 15) is 0 Å². The van der Waals surface area contributed by atoms with E-state index < -0.39 is 0 Å². The first-order valence-corrected chi connectivity index (χ1v) is 9.36. The lowest BCUT2D eigenvalue weighted by molar-refractivity contribution is 0.137. The summed E-state index contributed by atoms with van der Waals surface area (Å²) in [5, 5.41) is 11.0. The van der Waals surface area contributed by atoms with Crippen LogP contribution in [0.15, 0.2) is 35.8 Å². The van der Waals surface area contributed by atoms with Crippen LogP contribution in [0, 0.1) is 11.3 Å². The highest BCUT2D eigenvalue weighted by Gasteiger charge is 2.33. The zero-order valence-electron chi connectivity index (χ0n) is 13.4. The van der Waals surface area contributed by atoms with Crippen molar-refractivity contribution < 1.29 is 0 Å². The van der Waals surface area contributed by atoms with Crippen LogP contribution in [0.25, 0.3) is 4.96 Å². The van der Waals surface area contributed by atoms with E-state index >= 15 is 0 Å². The molecule has 3 heterocycles. The molecule has 120 valence electrons. The molecule has 2 fully saturated rings. The van der Waals surface area contributed by atoms with Gasteiger partial charge in [-0.25, -0.2) is 4.98 Å². The predicted molar refractivity (Wildman–Crippen MR) is 94.2 cm³/mol. The Morgan fingerprint density at radius 2 is 1.96 bits per heavy atom. The summed E-state index contributed by atoms with van der Waals surface area (Å²) in [7, 11) is 0. The molecule has 0 radical (unpaired) electrons. The first-order chi connectivity index (χ1) is 11.8. The Hall–Kier alpha value is -2.16. The molecule has 4 nitrogen and oxygen atoms in total. The summed E-state index contributed by atoms with van der Waals surface area (Å²) in [6, 6.07) is 10.2. The minimum Gasteiger partial charge on any atom is -0.296 e. The molecule has 1 aromatic carbocycles. The summed E-state index contributed by atoms with van der Waals surface area (Å²) in [5.41, 5.74) is 4.82. The Bertz CT molecular complexity index is 921. The van der Waals surface area contributed by atoms with Crippen molar-refractivity contribution in [2.45, 2.75) is 31.2 Å². The van der Waals surface area contributed by atoms with Gasteiger partial charge in [-0.15, -0.1) is 11.3 Å². The largest absolute Gasteiger partial charge is 0.296 e. The molecule has 0 bridgehead atoms. The third-order valence-corrected chi connectivity index (χ3v) is 5.95. The maximum absolute atomic E-state index is 8.90. The molecular weight excluding hydrogens is 316 g/mol. The molecule has 3 aromatic rings. The van der Waals surface area contributed by atoms with E-state index in [1.54, 1.807) is 11.3 Å². The standard InChI is InChI=1S/C19H18N4S/c20-9-13-1-3-14(4-2-13)16-10-22(11-16)12-17-18(15-5-6-15)21-19-23(17)7-8-24-19/h1-4,7-8,15-16H,5-6,10-12H2. The number of nitrogens with zero attached hydrogens (tertiary/aromatic N) is 4. The Kier molecular flexibility index (Phi) is 3.22. The number of likely N-dealkylation sites (tertiary alicyclic amines) is 1. The van der Waals surface area contributed by atoms with Crippen LogP contribution in [0.2, 0.25) is 0 Å². The molecule has 0 amide bonds. The molecule has 5 rings (SSSR count). The van der Waals surface area contributed by atoms with Gasteiger partial charge in [0.05, 0.1) is 23.0 Å². The first kappa shape index (κ1) is 14.2. The van der Waals surface area contributed by atoms with Crippen molar-refractivity contribution >= 4 is 16.3 Å². The second-order valence-corrected chi connectivity index (χ2v) is 7.77. The van der Waals surface area contributed by atoms with E-state index in [2.05, 4.69) is 39.1 Å². The highest BCUT2D eigenvalue weighted by atomic mass is 32.1. The Labute approximate surface area is 145 Å². The van der Waals surface area contributed by atoms with Crippen LogP contribution in [0.3, 0.4) is 0 Å². The molecule has 1 saturated heterocycles. The number of rotatable bonds is 4. The number of hydrogen-bond acceptors (Lipinski definition) is 4. The summed E-state index contributed by atoms with van der Waals surface area (Å²) in [6.45, 7) is 3.18. The molecule has 2 aromatic heterocycles. The Balaban J connectivity index is 1.31. The van der Waals surface area contributed by atoms with E-state index in [0.29, 0.717) is 11.8 Å². The topological polar surface area (TPSA) is 44.3 Å². The summed E-state index contributed by atoms with van der Waals surface area (Å²) in [6.07, 6.45) is 4.75. The summed E-state index contributed by atoms with van der Waals surface area (Å²) < 4.78 is 2.29. The first-order valence-electron chi connectivity index (χ1n) is 8.48. The number of benzene rings is 1. The molecule has 1 aliphatic heterocycles. The van der Waals surface area contributed by atoms with Crippen LogP contribution < -0.4 is 0 Å². The van der Waals surface area contributed by atoms with Gasteiger partial charge in [-0.3, -0.25) is 9.30 Å². The molecule has 5 heteroatoms. The van der Waals surface area contributed by atoms with Gasteiger partial charge in [-0.1, -0.05) is 12.1 Å². The van der Waals surface area contributed by atoms with Crippen molar-refractivity contribution in [1.29, 1.82) is 5.26 Å². The van der Waals surface area contributed by atoms with Gasteiger partial charge in [0.15, 0.2) is 4.96 Å². The van der Waals surface area contributed by atoms with Crippen LogP contribution in [-0.2, 0) is 6.54 Å². The van der Waals surface area contributed by atoms with E-state index in [4.69, 9.17) is 10.2 Å². The molecule has 2 aliphatic rings. The van der Waals surface area contributed by atoms with Crippen LogP contribution in [0.1, 0.15) is 47.2 Å². The van der Waals surface area contributed by atoms with Crippen molar-refractivity contribution in [2.24, 2.45) is 0 Å². The molecule has 24 heavy (non-hydrogen) atoms. The number of hydrogen-bond donors (Lipinski definition) is 0. The zero-order chi connectivity index (χ0) is 16.1. The lowest BCUT2D eigenvalue weighted by Crippen LogP contribution is -2.44. The predicted octanol–water partition coefficient (Wildman–Crippen LogP) is 3.74. The van der Waals surface area contributed by atoms with E-state index in [-0.39, 0.29) is 0 Å². The summed E-state index contributed by atoms with van der Waals surface area (Å²) >= 11 is 1.73. The molecule has 0 spiro atoms. The number of imidazole rings is 1. The van der Waals surface area contributed by atoms with Crippen LogP contribution in [-0.4, -0.2) is 27.4 Å². The van der Waals surface area contributed by atoms with E-state index in [1.165, 1.54) is 29.8 Å². The fraction of sp³-hybridized carbons (Fsp3) is 0.368. The molecule has 0 unspecified atom stereocenters. The van der Waals surface area contributed by atoms with Crippen LogP contribution >= 0.6 is 11.3 Å². The molecule has 1 aliphatic carbocycles. The minimum absolute atomic E-state index is 0.591. The lowest BCUT2D eigenvalue weighted by Gasteiger charge is -2.39. The van der Waals surface area contributed by atoms with Gasteiger partial charge in [0.25, 0.3) is 0 Å². The molecule has 0 N–H and O–H groups in total. The van der Waals surface area contributed by atoms with Gasteiger partial charge in [0, 0.05) is 43.0 Å².